The van der Waals surface area contributed by atoms with Gasteiger partial charge in [0.15, 0.2) is 0 Å². The second-order valence-electron chi connectivity index (χ2n) is 4.45. The molecule has 0 spiro atoms. The Balaban J connectivity index is 2.10. The smallest absolute Gasteiger partial charge is 0.148 e. The first-order valence-corrected chi connectivity index (χ1v) is 6.87. The van der Waals surface area contributed by atoms with Crippen molar-refractivity contribution in [2.45, 2.75) is 26.3 Å². The Labute approximate surface area is 88.6 Å². The number of tetrazole rings is 1. The molecule has 1 heterocycles. The lowest BCUT2D eigenvalue weighted by Gasteiger charge is -2.13. The van der Waals surface area contributed by atoms with E-state index in [4.69, 9.17) is 0 Å². The molecule has 0 N–H and O–H groups in total. The second kappa shape index (κ2) is 3.26. The molecule has 1 fully saturated rings. The molecule has 0 bridgehead atoms. The minimum absolute atomic E-state index is 0.117. The maximum absolute atomic E-state index is 11.2. The Kier molecular flexibility index (Phi) is 2.29. The van der Waals surface area contributed by atoms with Gasteiger partial charge in [0.25, 0.3) is 0 Å². The third-order valence-corrected chi connectivity index (χ3v) is 3.86. The molecule has 0 radical (unpaired) electrons. The first-order chi connectivity index (χ1) is 6.90. The Morgan fingerprint density at radius 2 is 2.13 bits per heavy atom. The molecule has 0 amide bonds. The molecule has 1 aromatic rings. The van der Waals surface area contributed by atoms with Crippen molar-refractivity contribution >= 4 is 9.84 Å². The molecule has 0 atom stereocenters. The van der Waals surface area contributed by atoms with Crippen molar-refractivity contribution < 1.29 is 8.42 Å². The molecular weight excluding hydrogens is 216 g/mol. The molecule has 0 saturated heterocycles. The molecule has 6 nitrogen and oxygen atoms in total. The molecule has 1 aromatic heterocycles. The zero-order valence-corrected chi connectivity index (χ0v) is 9.66. The van der Waals surface area contributed by atoms with Crippen molar-refractivity contribution in [3.05, 3.63) is 5.82 Å². The molecule has 84 valence electrons. The van der Waals surface area contributed by atoms with Gasteiger partial charge in [0, 0.05) is 11.7 Å². The standard InChI is InChI=1S/C8H14N4O2S/c1-7-9-10-11-12(7)5-8(3-4-8)6-15(2,13)14/h3-6H2,1-2H3. The van der Waals surface area contributed by atoms with E-state index >= 15 is 0 Å². The lowest BCUT2D eigenvalue weighted by Crippen LogP contribution is -2.22. The van der Waals surface area contributed by atoms with Gasteiger partial charge in [0.05, 0.1) is 12.3 Å². The third-order valence-electron chi connectivity index (χ3n) is 2.72. The highest BCUT2D eigenvalue weighted by molar-refractivity contribution is 7.90. The summed E-state index contributed by atoms with van der Waals surface area (Å²) in [6.07, 6.45) is 3.16. The summed E-state index contributed by atoms with van der Waals surface area (Å²) in [5, 5.41) is 11.2. The summed E-state index contributed by atoms with van der Waals surface area (Å²) in [5.74, 6) is 0.967. The zero-order chi connectivity index (χ0) is 11.1. The van der Waals surface area contributed by atoms with Crippen LogP contribution < -0.4 is 0 Å². The fraction of sp³-hybridized carbons (Fsp3) is 0.875. The van der Waals surface area contributed by atoms with Crippen LogP contribution in [0.15, 0.2) is 0 Å². The van der Waals surface area contributed by atoms with Crippen LogP contribution in [0, 0.1) is 12.3 Å². The van der Waals surface area contributed by atoms with E-state index in [1.165, 1.54) is 6.26 Å². The Morgan fingerprint density at radius 1 is 1.47 bits per heavy atom. The minimum Gasteiger partial charge on any atom is -0.229 e. The van der Waals surface area contributed by atoms with Crippen LogP contribution in [0.2, 0.25) is 0 Å². The van der Waals surface area contributed by atoms with Gasteiger partial charge in [-0.25, -0.2) is 13.1 Å². The van der Waals surface area contributed by atoms with Crippen molar-refractivity contribution in [3.8, 4) is 0 Å². The van der Waals surface area contributed by atoms with Crippen LogP contribution in [0.5, 0.6) is 0 Å². The summed E-state index contributed by atoms with van der Waals surface area (Å²) < 4.78 is 24.2. The average molecular weight is 230 g/mol. The monoisotopic (exact) mass is 230 g/mol. The molecule has 15 heavy (non-hydrogen) atoms. The first kappa shape index (κ1) is 10.5. The number of nitrogens with zero attached hydrogens (tertiary/aromatic N) is 4. The SMILES string of the molecule is Cc1nnnn1CC1(CS(C)(=O)=O)CC1. The van der Waals surface area contributed by atoms with Crippen LogP contribution in [0.25, 0.3) is 0 Å². The number of rotatable bonds is 4. The van der Waals surface area contributed by atoms with Crippen molar-refractivity contribution in [2.24, 2.45) is 5.41 Å². The lowest BCUT2D eigenvalue weighted by atomic mass is 10.1. The van der Waals surface area contributed by atoms with Gasteiger partial charge in [-0.2, -0.15) is 0 Å². The number of aryl methyl sites for hydroxylation is 1. The van der Waals surface area contributed by atoms with Crippen LogP contribution in [0.4, 0.5) is 0 Å². The van der Waals surface area contributed by atoms with Crippen LogP contribution >= 0.6 is 0 Å². The van der Waals surface area contributed by atoms with E-state index < -0.39 is 9.84 Å². The molecular formula is C8H14N4O2S. The van der Waals surface area contributed by atoms with Gasteiger partial charge >= 0.3 is 0 Å². The zero-order valence-electron chi connectivity index (χ0n) is 8.84. The topological polar surface area (TPSA) is 77.7 Å². The summed E-state index contributed by atoms with van der Waals surface area (Å²) in [5.41, 5.74) is -0.117. The number of aromatic nitrogens is 4. The second-order valence-corrected chi connectivity index (χ2v) is 6.59. The van der Waals surface area contributed by atoms with Gasteiger partial charge < -0.3 is 0 Å². The van der Waals surface area contributed by atoms with E-state index in [0.717, 1.165) is 18.7 Å². The molecule has 7 heteroatoms. The summed E-state index contributed by atoms with van der Waals surface area (Å²) in [6, 6.07) is 0. The third kappa shape index (κ3) is 2.53. The summed E-state index contributed by atoms with van der Waals surface area (Å²) in [7, 11) is -2.92. The Bertz CT molecular complexity index is 461. The van der Waals surface area contributed by atoms with E-state index in [2.05, 4.69) is 15.5 Å². The predicted octanol–water partition coefficient (Wildman–Crippen LogP) is -0.194. The summed E-state index contributed by atoms with van der Waals surface area (Å²) in [6.45, 7) is 2.43. The molecule has 0 aliphatic heterocycles. The Hall–Kier alpha value is -0.980. The summed E-state index contributed by atoms with van der Waals surface area (Å²) >= 11 is 0. The quantitative estimate of drug-likeness (QED) is 0.716. The molecule has 1 saturated carbocycles. The molecule has 1 aliphatic rings. The number of hydrogen-bond donors (Lipinski definition) is 0. The van der Waals surface area contributed by atoms with Gasteiger partial charge in [0.2, 0.25) is 0 Å². The van der Waals surface area contributed by atoms with Gasteiger partial charge in [-0.15, -0.1) is 5.10 Å². The van der Waals surface area contributed by atoms with Crippen molar-refractivity contribution in [3.63, 3.8) is 0 Å². The number of sulfone groups is 1. The van der Waals surface area contributed by atoms with Crippen molar-refractivity contribution in [1.29, 1.82) is 0 Å². The minimum atomic E-state index is -2.92. The normalized spacial score (nSPS) is 19.1. The van der Waals surface area contributed by atoms with Crippen LogP contribution in [0.3, 0.4) is 0 Å². The van der Waals surface area contributed by atoms with E-state index in [1.54, 1.807) is 4.68 Å². The van der Waals surface area contributed by atoms with Gasteiger partial charge in [-0.3, -0.25) is 0 Å². The molecule has 0 aromatic carbocycles. The van der Waals surface area contributed by atoms with Crippen molar-refractivity contribution in [2.75, 3.05) is 12.0 Å². The average Bonchev–Trinajstić information content (AvgIpc) is 2.68. The highest BCUT2D eigenvalue weighted by Gasteiger charge is 2.46. The van der Waals surface area contributed by atoms with Gasteiger partial charge in [-0.1, -0.05) is 0 Å². The van der Waals surface area contributed by atoms with E-state index in [1.807, 2.05) is 6.92 Å². The fourth-order valence-corrected chi connectivity index (χ4v) is 3.29. The van der Waals surface area contributed by atoms with Gasteiger partial charge in [0.1, 0.15) is 15.7 Å². The lowest BCUT2D eigenvalue weighted by molar-refractivity contribution is 0.417. The first-order valence-electron chi connectivity index (χ1n) is 4.81. The highest BCUT2D eigenvalue weighted by Crippen LogP contribution is 2.48. The van der Waals surface area contributed by atoms with E-state index in [9.17, 15) is 8.42 Å². The fourth-order valence-electron chi connectivity index (χ4n) is 1.79. The number of hydrogen-bond acceptors (Lipinski definition) is 5. The predicted molar refractivity (Wildman–Crippen MR) is 53.9 cm³/mol. The molecule has 0 unspecified atom stereocenters. The molecule has 2 rings (SSSR count). The van der Waals surface area contributed by atoms with Crippen LogP contribution in [-0.4, -0.2) is 40.6 Å². The van der Waals surface area contributed by atoms with Gasteiger partial charge in [-0.05, 0) is 30.2 Å². The van der Waals surface area contributed by atoms with E-state index in [0.29, 0.717) is 6.54 Å². The molecule has 1 aliphatic carbocycles. The van der Waals surface area contributed by atoms with Crippen LogP contribution in [0.1, 0.15) is 18.7 Å². The van der Waals surface area contributed by atoms with Crippen LogP contribution in [-0.2, 0) is 16.4 Å². The summed E-state index contributed by atoms with van der Waals surface area (Å²) in [4.78, 5) is 0. The highest BCUT2D eigenvalue weighted by atomic mass is 32.2. The van der Waals surface area contributed by atoms with E-state index in [-0.39, 0.29) is 11.2 Å². The Morgan fingerprint density at radius 3 is 2.53 bits per heavy atom. The maximum Gasteiger partial charge on any atom is 0.148 e. The maximum atomic E-state index is 11.2. The largest absolute Gasteiger partial charge is 0.229 e. The van der Waals surface area contributed by atoms with Crippen molar-refractivity contribution in [1.82, 2.24) is 20.2 Å².